The highest BCUT2D eigenvalue weighted by atomic mass is 16.2. The summed E-state index contributed by atoms with van der Waals surface area (Å²) in [5.74, 6) is 1.23. The van der Waals surface area contributed by atoms with E-state index in [2.05, 4.69) is 37.6 Å². The smallest absolute Gasteiger partial charge is 0.317 e. The zero-order valence-corrected chi connectivity index (χ0v) is 20.5. The number of hydrogen-bond acceptors (Lipinski definition) is 6. The highest BCUT2D eigenvalue weighted by molar-refractivity contribution is 5.79. The maximum atomic E-state index is 13.2. The molecule has 1 saturated heterocycles. The minimum atomic E-state index is -0.208. The molecule has 5 rings (SSSR count). The van der Waals surface area contributed by atoms with Crippen LogP contribution in [0.25, 0.3) is 5.95 Å². The molecule has 0 saturated carbocycles. The second-order valence-corrected chi connectivity index (χ2v) is 9.36. The predicted octanol–water partition coefficient (Wildman–Crippen LogP) is 1.95. The normalized spacial score (nSPS) is 17.6. The quantitative estimate of drug-likeness (QED) is 0.526. The van der Waals surface area contributed by atoms with Gasteiger partial charge in [0.25, 0.3) is 0 Å². The first-order valence-electron chi connectivity index (χ1n) is 12.6. The van der Waals surface area contributed by atoms with Crippen LogP contribution in [0.1, 0.15) is 30.9 Å². The van der Waals surface area contributed by atoms with Gasteiger partial charge in [-0.05, 0) is 36.5 Å². The van der Waals surface area contributed by atoms with Gasteiger partial charge >= 0.3 is 6.03 Å². The number of carbonyl (C=O) groups is 2. The van der Waals surface area contributed by atoms with Crippen LogP contribution in [0.4, 0.5) is 10.6 Å². The molecular formula is C26H32N8O2. The Morgan fingerprint density at radius 1 is 1.08 bits per heavy atom. The lowest BCUT2D eigenvalue weighted by atomic mass is 10.1. The molecule has 1 aromatic carbocycles. The van der Waals surface area contributed by atoms with Gasteiger partial charge in [0.05, 0.1) is 6.04 Å². The monoisotopic (exact) mass is 488 g/mol. The molecule has 2 aliphatic rings. The van der Waals surface area contributed by atoms with Crippen LogP contribution in [0.3, 0.4) is 0 Å². The number of rotatable bonds is 7. The summed E-state index contributed by atoms with van der Waals surface area (Å²) in [6, 6.07) is 10.0. The number of anilines is 1. The van der Waals surface area contributed by atoms with Gasteiger partial charge in [-0.2, -0.15) is 4.98 Å². The number of nitrogens with one attached hydrogen (secondary N) is 2. The SMILES string of the molecule is CCCNC(=O)N1CCN(c2ccnc(-n3ccnc3)n2)C(CC(=O)NC2Cc3ccccc3C2)C1. The van der Waals surface area contributed by atoms with Crippen molar-refractivity contribution in [3.05, 3.63) is 66.4 Å². The molecule has 1 fully saturated rings. The molecule has 3 aromatic rings. The van der Waals surface area contributed by atoms with Crippen LogP contribution in [0.5, 0.6) is 0 Å². The average molecular weight is 489 g/mol. The minimum absolute atomic E-state index is 0.0116. The molecule has 3 amide bonds. The molecule has 3 heterocycles. The minimum Gasteiger partial charge on any atom is -0.353 e. The van der Waals surface area contributed by atoms with Gasteiger partial charge in [0, 0.05) is 57.2 Å². The van der Waals surface area contributed by atoms with Crippen molar-refractivity contribution in [1.82, 2.24) is 35.1 Å². The summed E-state index contributed by atoms with van der Waals surface area (Å²) in [5.41, 5.74) is 2.60. The van der Waals surface area contributed by atoms with E-state index in [1.54, 1.807) is 34.4 Å². The molecule has 1 atom stereocenters. The number of urea groups is 1. The Morgan fingerprint density at radius 3 is 2.61 bits per heavy atom. The first kappa shape index (κ1) is 23.8. The number of benzene rings is 1. The van der Waals surface area contributed by atoms with E-state index in [1.165, 1.54) is 11.1 Å². The fraction of sp³-hybridized carbons (Fsp3) is 0.423. The number of imidazole rings is 1. The van der Waals surface area contributed by atoms with Crippen molar-refractivity contribution in [2.45, 2.75) is 44.7 Å². The second-order valence-electron chi connectivity index (χ2n) is 9.36. The van der Waals surface area contributed by atoms with Crippen molar-refractivity contribution in [1.29, 1.82) is 0 Å². The Labute approximate surface area is 210 Å². The Balaban J connectivity index is 1.31. The molecule has 1 aliphatic carbocycles. The number of hydrogen-bond donors (Lipinski definition) is 2. The predicted molar refractivity (Wildman–Crippen MR) is 136 cm³/mol. The van der Waals surface area contributed by atoms with Crippen LogP contribution in [0.15, 0.2) is 55.2 Å². The topological polar surface area (TPSA) is 108 Å². The first-order chi connectivity index (χ1) is 17.6. The molecule has 0 radical (unpaired) electrons. The summed E-state index contributed by atoms with van der Waals surface area (Å²) < 4.78 is 1.75. The maximum absolute atomic E-state index is 13.2. The van der Waals surface area contributed by atoms with Gasteiger partial charge in [-0.25, -0.2) is 14.8 Å². The number of piperazine rings is 1. The number of fused-ring (bicyclic) bond motifs is 1. The third-order valence-electron chi connectivity index (χ3n) is 6.79. The highest BCUT2D eigenvalue weighted by Crippen LogP contribution is 2.24. The van der Waals surface area contributed by atoms with E-state index in [9.17, 15) is 9.59 Å². The maximum Gasteiger partial charge on any atom is 0.317 e. The molecule has 1 unspecified atom stereocenters. The average Bonchev–Trinajstić information content (AvgIpc) is 3.57. The zero-order valence-electron chi connectivity index (χ0n) is 20.5. The van der Waals surface area contributed by atoms with Crippen LogP contribution in [-0.2, 0) is 17.6 Å². The van der Waals surface area contributed by atoms with Gasteiger partial charge in [-0.3, -0.25) is 9.36 Å². The van der Waals surface area contributed by atoms with E-state index in [0.29, 0.717) is 32.1 Å². The van der Waals surface area contributed by atoms with E-state index in [-0.39, 0.29) is 30.4 Å². The van der Waals surface area contributed by atoms with Crippen molar-refractivity contribution in [2.24, 2.45) is 0 Å². The lowest BCUT2D eigenvalue weighted by Gasteiger charge is -2.42. The summed E-state index contributed by atoms with van der Waals surface area (Å²) in [6.45, 7) is 4.23. The molecule has 36 heavy (non-hydrogen) atoms. The van der Waals surface area contributed by atoms with Gasteiger partial charge in [0.1, 0.15) is 12.1 Å². The number of aromatic nitrogens is 4. The van der Waals surface area contributed by atoms with Gasteiger partial charge < -0.3 is 20.4 Å². The molecule has 0 bridgehead atoms. The van der Waals surface area contributed by atoms with Crippen LogP contribution < -0.4 is 15.5 Å². The van der Waals surface area contributed by atoms with Crippen LogP contribution in [-0.4, -0.2) is 74.6 Å². The highest BCUT2D eigenvalue weighted by Gasteiger charge is 2.33. The number of nitrogens with zero attached hydrogens (tertiary/aromatic N) is 6. The standard InChI is InChI=1S/C26H32N8O2/c1-2-8-29-26(36)32-12-13-34(23-7-9-28-25(31-23)33-11-10-27-18-33)22(17-32)16-24(35)30-21-14-19-5-3-4-6-20(19)15-21/h3-7,9-11,18,21-22H,2,8,12-17H2,1H3,(H,29,36)(H,30,35). The van der Waals surface area contributed by atoms with Crippen molar-refractivity contribution in [3.8, 4) is 5.95 Å². The Morgan fingerprint density at radius 2 is 1.89 bits per heavy atom. The summed E-state index contributed by atoms with van der Waals surface area (Å²) in [7, 11) is 0. The Hall–Kier alpha value is -3.95. The van der Waals surface area contributed by atoms with Gasteiger partial charge in [-0.1, -0.05) is 31.2 Å². The molecular weight excluding hydrogens is 456 g/mol. The number of amides is 3. The van der Waals surface area contributed by atoms with E-state index in [0.717, 1.165) is 25.1 Å². The van der Waals surface area contributed by atoms with Gasteiger partial charge in [-0.15, -0.1) is 0 Å². The molecule has 2 N–H and O–H groups in total. The van der Waals surface area contributed by atoms with Crippen molar-refractivity contribution < 1.29 is 9.59 Å². The summed E-state index contributed by atoms with van der Waals surface area (Å²) in [4.78, 5) is 43.0. The molecule has 1 aliphatic heterocycles. The van der Waals surface area contributed by atoms with E-state index in [1.807, 2.05) is 25.1 Å². The van der Waals surface area contributed by atoms with Crippen molar-refractivity contribution in [2.75, 3.05) is 31.1 Å². The molecule has 10 nitrogen and oxygen atoms in total. The van der Waals surface area contributed by atoms with Crippen molar-refractivity contribution in [3.63, 3.8) is 0 Å². The van der Waals surface area contributed by atoms with Crippen LogP contribution in [0, 0.1) is 0 Å². The number of carbonyl (C=O) groups excluding carboxylic acids is 2. The Kier molecular flexibility index (Phi) is 7.11. The third-order valence-corrected chi connectivity index (χ3v) is 6.79. The largest absolute Gasteiger partial charge is 0.353 e. The molecule has 0 spiro atoms. The Bertz CT molecular complexity index is 1170. The summed E-state index contributed by atoms with van der Waals surface area (Å²) in [6.07, 6.45) is 9.68. The molecule has 2 aromatic heterocycles. The van der Waals surface area contributed by atoms with Crippen LogP contribution in [0.2, 0.25) is 0 Å². The fourth-order valence-corrected chi connectivity index (χ4v) is 5.02. The summed E-state index contributed by atoms with van der Waals surface area (Å²) in [5, 5.41) is 6.19. The first-order valence-corrected chi connectivity index (χ1v) is 12.6. The molecule has 188 valence electrons. The lowest BCUT2D eigenvalue weighted by Crippen LogP contribution is -2.58. The summed E-state index contributed by atoms with van der Waals surface area (Å²) >= 11 is 0. The second kappa shape index (κ2) is 10.8. The van der Waals surface area contributed by atoms with Gasteiger partial charge in [0.2, 0.25) is 11.9 Å². The van der Waals surface area contributed by atoms with E-state index >= 15 is 0 Å². The third kappa shape index (κ3) is 5.32. The lowest BCUT2D eigenvalue weighted by molar-refractivity contribution is -0.122. The zero-order chi connectivity index (χ0) is 24.9. The van der Waals surface area contributed by atoms with Crippen molar-refractivity contribution >= 4 is 17.8 Å². The van der Waals surface area contributed by atoms with Gasteiger partial charge in [0.15, 0.2) is 0 Å². The fourth-order valence-electron chi connectivity index (χ4n) is 5.02. The molecule has 10 heteroatoms. The van der Waals surface area contributed by atoms with Crippen LogP contribution >= 0.6 is 0 Å². The van der Waals surface area contributed by atoms with E-state index in [4.69, 9.17) is 4.98 Å². The van der Waals surface area contributed by atoms with E-state index < -0.39 is 0 Å².